The molecule has 0 heterocycles. The van der Waals surface area contributed by atoms with Crippen LogP contribution in [0.1, 0.15) is 18.6 Å². The number of aliphatic hydroxyl groups is 1. The Morgan fingerprint density at radius 1 is 1.35 bits per heavy atom. The molecule has 20 heavy (non-hydrogen) atoms. The summed E-state index contributed by atoms with van der Waals surface area (Å²) in [7, 11) is 1.39. The fourth-order valence-electron chi connectivity index (χ4n) is 1.50. The van der Waals surface area contributed by atoms with E-state index in [1.807, 2.05) is 0 Å². The standard InChI is InChI=1S/C13H15NO6/c1-7(15)8-3-4-11(20-2)9(5-8)14-10(13(18)19)6-12(16)17/h3-7,14-15H,1-2H3,(H,16,17)(H,18,19). The molecule has 0 spiro atoms. The number of benzene rings is 1. The minimum Gasteiger partial charge on any atom is -0.495 e. The molecule has 0 aliphatic heterocycles. The number of carboxylic acids is 2. The third kappa shape index (κ3) is 3.99. The van der Waals surface area contributed by atoms with Crippen LogP contribution in [-0.2, 0) is 9.59 Å². The summed E-state index contributed by atoms with van der Waals surface area (Å²) in [5, 5.41) is 29.5. The van der Waals surface area contributed by atoms with Crippen LogP contribution in [0, 0.1) is 0 Å². The summed E-state index contributed by atoms with van der Waals surface area (Å²) in [4.78, 5) is 21.6. The average Bonchev–Trinajstić information content (AvgIpc) is 2.37. The van der Waals surface area contributed by atoms with E-state index in [0.717, 1.165) is 0 Å². The van der Waals surface area contributed by atoms with Gasteiger partial charge in [0.05, 0.1) is 25.0 Å². The quantitative estimate of drug-likeness (QED) is 0.579. The molecule has 0 aromatic heterocycles. The highest BCUT2D eigenvalue weighted by molar-refractivity contribution is 5.97. The van der Waals surface area contributed by atoms with E-state index in [-0.39, 0.29) is 5.69 Å². The Morgan fingerprint density at radius 3 is 2.45 bits per heavy atom. The fraction of sp³-hybridized carbons (Fsp3) is 0.231. The Labute approximate surface area is 115 Å². The molecule has 0 fully saturated rings. The number of ether oxygens (including phenoxy) is 1. The predicted octanol–water partition coefficient (Wildman–Crippen LogP) is 1.21. The van der Waals surface area contributed by atoms with Gasteiger partial charge in [0.2, 0.25) is 0 Å². The Balaban J connectivity index is 3.19. The van der Waals surface area contributed by atoms with Crippen molar-refractivity contribution in [2.75, 3.05) is 12.4 Å². The van der Waals surface area contributed by atoms with E-state index in [2.05, 4.69) is 5.32 Å². The topological polar surface area (TPSA) is 116 Å². The molecule has 0 saturated carbocycles. The van der Waals surface area contributed by atoms with Gasteiger partial charge in [-0.2, -0.15) is 0 Å². The molecule has 0 radical (unpaired) electrons. The Kier molecular flexibility index (Phi) is 5.10. The highest BCUT2D eigenvalue weighted by Gasteiger charge is 2.14. The number of hydrogen-bond acceptors (Lipinski definition) is 5. The summed E-state index contributed by atoms with van der Waals surface area (Å²) >= 11 is 0. The molecule has 1 rings (SSSR count). The van der Waals surface area contributed by atoms with Crippen molar-refractivity contribution in [3.05, 3.63) is 35.5 Å². The lowest BCUT2D eigenvalue weighted by Crippen LogP contribution is -2.13. The molecule has 7 heteroatoms. The largest absolute Gasteiger partial charge is 0.495 e. The zero-order chi connectivity index (χ0) is 15.3. The van der Waals surface area contributed by atoms with Crippen LogP contribution >= 0.6 is 0 Å². The van der Waals surface area contributed by atoms with Crippen molar-refractivity contribution in [2.24, 2.45) is 0 Å². The molecule has 0 bridgehead atoms. The number of nitrogens with one attached hydrogen (secondary N) is 1. The highest BCUT2D eigenvalue weighted by atomic mass is 16.5. The van der Waals surface area contributed by atoms with E-state index in [0.29, 0.717) is 17.4 Å². The van der Waals surface area contributed by atoms with E-state index in [9.17, 15) is 14.7 Å². The van der Waals surface area contributed by atoms with Gasteiger partial charge in [-0.3, -0.25) is 0 Å². The number of carbonyl (C=O) groups is 2. The van der Waals surface area contributed by atoms with E-state index < -0.39 is 23.7 Å². The second-order valence-corrected chi connectivity index (χ2v) is 3.96. The van der Waals surface area contributed by atoms with Gasteiger partial charge in [0, 0.05) is 0 Å². The maximum Gasteiger partial charge on any atom is 0.352 e. The first-order valence-corrected chi connectivity index (χ1v) is 5.66. The molecule has 0 saturated heterocycles. The highest BCUT2D eigenvalue weighted by Crippen LogP contribution is 2.29. The lowest BCUT2D eigenvalue weighted by Gasteiger charge is -2.14. The molecular weight excluding hydrogens is 266 g/mol. The van der Waals surface area contributed by atoms with Crippen LogP contribution in [-0.4, -0.2) is 34.4 Å². The lowest BCUT2D eigenvalue weighted by molar-refractivity contribution is -0.134. The van der Waals surface area contributed by atoms with Crippen molar-refractivity contribution in [3.63, 3.8) is 0 Å². The summed E-state index contributed by atoms with van der Waals surface area (Å²) < 4.78 is 5.05. The summed E-state index contributed by atoms with van der Waals surface area (Å²) in [6.45, 7) is 1.55. The number of aliphatic hydroxyl groups excluding tert-OH is 1. The minimum atomic E-state index is -1.42. The molecule has 108 valence electrons. The smallest absolute Gasteiger partial charge is 0.352 e. The monoisotopic (exact) mass is 281 g/mol. The van der Waals surface area contributed by atoms with Crippen LogP contribution in [0.5, 0.6) is 5.75 Å². The SMILES string of the molecule is COc1ccc(C(C)O)cc1NC(=CC(=O)O)C(=O)O. The van der Waals surface area contributed by atoms with Crippen molar-refractivity contribution in [1.82, 2.24) is 0 Å². The molecular formula is C13H15NO6. The number of hydrogen-bond donors (Lipinski definition) is 4. The van der Waals surface area contributed by atoms with Gasteiger partial charge in [0.15, 0.2) is 0 Å². The summed E-state index contributed by atoms with van der Waals surface area (Å²) in [6, 6.07) is 4.66. The predicted molar refractivity (Wildman–Crippen MR) is 70.6 cm³/mol. The zero-order valence-corrected chi connectivity index (χ0v) is 11.0. The Hall–Kier alpha value is -2.54. The maximum absolute atomic E-state index is 11.0. The maximum atomic E-state index is 11.0. The van der Waals surface area contributed by atoms with Crippen LogP contribution in [0.2, 0.25) is 0 Å². The van der Waals surface area contributed by atoms with Crippen molar-refractivity contribution in [2.45, 2.75) is 13.0 Å². The molecule has 7 nitrogen and oxygen atoms in total. The summed E-state index contributed by atoms with van der Waals surface area (Å²) in [6.07, 6.45) is -0.213. The molecule has 1 unspecified atom stereocenters. The molecule has 1 aromatic rings. The second-order valence-electron chi connectivity index (χ2n) is 3.96. The summed E-state index contributed by atoms with van der Waals surface area (Å²) in [5.74, 6) is -2.48. The molecule has 0 aliphatic rings. The van der Waals surface area contributed by atoms with Gasteiger partial charge in [0.25, 0.3) is 0 Å². The number of methoxy groups -OCH3 is 1. The van der Waals surface area contributed by atoms with E-state index in [1.165, 1.54) is 13.2 Å². The first kappa shape index (κ1) is 15.5. The van der Waals surface area contributed by atoms with Crippen LogP contribution in [0.15, 0.2) is 30.0 Å². The lowest BCUT2D eigenvalue weighted by atomic mass is 10.1. The molecule has 0 aliphatic carbocycles. The fourth-order valence-corrected chi connectivity index (χ4v) is 1.50. The van der Waals surface area contributed by atoms with Gasteiger partial charge in [-0.1, -0.05) is 6.07 Å². The van der Waals surface area contributed by atoms with Gasteiger partial charge < -0.3 is 25.4 Å². The van der Waals surface area contributed by atoms with E-state index in [1.54, 1.807) is 19.1 Å². The van der Waals surface area contributed by atoms with E-state index in [4.69, 9.17) is 14.9 Å². The first-order chi connectivity index (χ1) is 9.35. The van der Waals surface area contributed by atoms with Crippen molar-refractivity contribution in [3.8, 4) is 5.75 Å². The van der Waals surface area contributed by atoms with Gasteiger partial charge in [-0.05, 0) is 24.6 Å². The number of carboxylic acid groups (broad SMARTS) is 2. The Morgan fingerprint density at radius 2 is 2.00 bits per heavy atom. The molecule has 4 N–H and O–H groups in total. The zero-order valence-electron chi connectivity index (χ0n) is 11.0. The number of rotatable bonds is 6. The molecule has 0 amide bonds. The van der Waals surface area contributed by atoms with Crippen LogP contribution < -0.4 is 10.1 Å². The van der Waals surface area contributed by atoms with Gasteiger partial charge in [-0.15, -0.1) is 0 Å². The number of anilines is 1. The second kappa shape index (κ2) is 6.58. The molecule has 1 aromatic carbocycles. The van der Waals surface area contributed by atoms with Crippen LogP contribution in [0.3, 0.4) is 0 Å². The Bertz CT molecular complexity index is 550. The first-order valence-electron chi connectivity index (χ1n) is 5.66. The van der Waals surface area contributed by atoms with Gasteiger partial charge in [0.1, 0.15) is 11.4 Å². The minimum absolute atomic E-state index is 0.251. The van der Waals surface area contributed by atoms with Gasteiger partial charge >= 0.3 is 11.9 Å². The third-order valence-electron chi connectivity index (χ3n) is 2.47. The van der Waals surface area contributed by atoms with Crippen LogP contribution in [0.4, 0.5) is 5.69 Å². The van der Waals surface area contributed by atoms with Crippen molar-refractivity contribution in [1.29, 1.82) is 0 Å². The normalized spacial score (nSPS) is 12.7. The van der Waals surface area contributed by atoms with Gasteiger partial charge in [-0.25, -0.2) is 9.59 Å². The van der Waals surface area contributed by atoms with Crippen molar-refractivity contribution >= 4 is 17.6 Å². The van der Waals surface area contributed by atoms with E-state index >= 15 is 0 Å². The number of aliphatic carboxylic acids is 2. The van der Waals surface area contributed by atoms with Crippen LogP contribution in [0.25, 0.3) is 0 Å². The third-order valence-corrected chi connectivity index (χ3v) is 2.47. The summed E-state index contributed by atoms with van der Waals surface area (Å²) in [5.41, 5.74) is 0.271. The molecule has 1 atom stereocenters. The van der Waals surface area contributed by atoms with Crippen molar-refractivity contribution < 1.29 is 29.6 Å². The average molecular weight is 281 g/mol.